The molecule has 1 aromatic rings. The van der Waals surface area contributed by atoms with Gasteiger partial charge in [-0.05, 0) is 50.2 Å². The molecule has 2 aliphatic rings. The van der Waals surface area contributed by atoms with Crippen LogP contribution in [0.5, 0.6) is 0 Å². The maximum atomic E-state index is 5.33. The molecule has 0 spiro atoms. The van der Waals surface area contributed by atoms with Gasteiger partial charge in [0.25, 0.3) is 0 Å². The highest BCUT2D eigenvalue weighted by Gasteiger charge is 2.40. The van der Waals surface area contributed by atoms with Crippen LogP contribution in [0.25, 0.3) is 0 Å². The van der Waals surface area contributed by atoms with Crippen molar-refractivity contribution in [2.75, 3.05) is 0 Å². The third-order valence-electron chi connectivity index (χ3n) is 3.93. The van der Waals surface area contributed by atoms with Crippen molar-refractivity contribution in [3.63, 3.8) is 0 Å². The minimum Gasteiger partial charge on any atom is -0.335 e. The number of hydrogen-bond donors (Lipinski definition) is 1. The molecule has 76 valence electrons. The molecule has 3 atom stereocenters. The molecule has 3 rings (SSSR count). The summed E-state index contributed by atoms with van der Waals surface area (Å²) in [5.74, 6) is 1.89. The minimum absolute atomic E-state index is 0.700. The van der Waals surface area contributed by atoms with Gasteiger partial charge >= 0.3 is 0 Å². The maximum absolute atomic E-state index is 5.33. The average molecular weight is 208 g/mol. The highest BCUT2D eigenvalue weighted by molar-refractivity contribution is 7.71. The highest BCUT2D eigenvalue weighted by Crippen LogP contribution is 2.50. The number of H-pyrrole nitrogens is 1. The second-order valence-corrected chi connectivity index (χ2v) is 5.28. The number of nitrogens with zero attached hydrogens (tertiary/aromatic N) is 1. The third-order valence-corrected chi connectivity index (χ3v) is 4.24. The van der Waals surface area contributed by atoms with Gasteiger partial charge in [-0.15, -0.1) is 0 Å². The van der Waals surface area contributed by atoms with Gasteiger partial charge in [0.1, 0.15) is 0 Å². The minimum atomic E-state index is 0.700. The molecule has 0 aliphatic heterocycles. The summed E-state index contributed by atoms with van der Waals surface area (Å²) in [4.78, 5) is 3.22. The Morgan fingerprint density at radius 1 is 1.43 bits per heavy atom. The molecule has 3 heteroatoms. The van der Waals surface area contributed by atoms with Crippen molar-refractivity contribution in [2.45, 2.75) is 38.6 Å². The fourth-order valence-electron chi connectivity index (χ4n) is 3.33. The van der Waals surface area contributed by atoms with Crippen LogP contribution >= 0.6 is 12.2 Å². The monoisotopic (exact) mass is 208 g/mol. The number of hydrogen-bond acceptors (Lipinski definition) is 1. The molecule has 2 nitrogen and oxygen atoms in total. The van der Waals surface area contributed by atoms with Crippen LogP contribution in [-0.2, 0) is 0 Å². The molecule has 2 bridgehead atoms. The van der Waals surface area contributed by atoms with Gasteiger partial charge in [-0.3, -0.25) is 0 Å². The van der Waals surface area contributed by atoms with Gasteiger partial charge in [0, 0.05) is 17.9 Å². The quantitative estimate of drug-likeness (QED) is 0.703. The summed E-state index contributed by atoms with van der Waals surface area (Å²) in [6.45, 7) is 2.08. The van der Waals surface area contributed by atoms with Gasteiger partial charge in [-0.1, -0.05) is 6.42 Å². The van der Waals surface area contributed by atoms with Gasteiger partial charge in [0.15, 0.2) is 4.77 Å². The summed E-state index contributed by atoms with van der Waals surface area (Å²) >= 11 is 5.33. The Labute approximate surface area is 89.3 Å². The third kappa shape index (κ3) is 1.18. The fourth-order valence-corrected chi connectivity index (χ4v) is 3.68. The lowest BCUT2D eigenvalue weighted by molar-refractivity contribution is 0.327. The number of rotatable bonds is 1. The van der Waals surface area contributed by atoms with E-state index in [4.69, 9.17) is 12.2 Å². The number of aryl methyl sites for hydroxylation is 1. The summed E-state index contributed by atoms with van der Waals surface area (Å²) in [5, 5.41) is 0. The lowest BCUT2D eigenvalue weighted by Crippen LogP contribution is -2.15. The molecule has 2 saturated carbocycles. The van der Waals surface area contributed by atoms with Crippen LogP contribution in [-0.4, -0.2) is 9.55 Å². The Morgan fingerprint density at radius 3 is 2.79 bits per heavy atom. The van der Waals surface area contributed by atoms with E-state index >= 15 is 0 Å². The van der Waals surface area contributed by atoms with E-state index < -0.39 is 0 Å². The Morgan fingerprint density at radius 2 is 2.29 bits per heavy atom. The molecule has 1 heterocycles. The first-order chi connectivity index (χ1) is 6.74. The first kappa shape index (κ1) is 8.72. The standard InChI is InChI=1S/C11H16N2S/c1-7-6-13(11(14)12-7)10-5-8-2-3-9(10)4-8/h6,8-10H,2-5H2,1H3,(H,12,14). The Bertz CT molecular complexity index is 404. The van der Waals surface area contributed by atoms with Crippen molar-refractivity contribution < 1.29 is 0 Å². The summed E-state index contributed by atoms with van der Waals surface area (Å²) in [7, 11) is 0. The number of nitrogens with one attached hydrogen (secondary N) is 1. The first-order valence-corrected chi connectivity index (χ1v) is 5.92. The normalized spacial score (nSPS) is 35.4. The lowest BCUT2D eigenvalue weighted by atomic mass is 9.95. The zero-order valence-electron chi connectivity index (χ0n) is 8.49. The van der Waals surface area contributed by atoms with Crippen molar-refractivity contribution in [3.05, 3.63) is 16.7 Å². The van der Waals surface area contributed by atoms with Gasteiger partial charge < -0.3 is 9.55 Å². The van der Waals surface area contributed by atoms with E-state index in [2.05, 4.69) is 22.7 Å². The predicted octanol–water partition coefficient (Wildman–Crippen LogP) is 3.22. The van der Waals surface area contributed by atoms with E-state index in [9.17, 15) is 0 Å². The van der Waals surface area contributed by atoms with Crippen LogP contribution in [0, 0.1) is 23.5 Å². The van der Waals surface area contributed by atoms with Gasteiger partial charge in [-0.2, -0.15) is 0 Å². The lowest BCUT2D eigenvalue weighted by Gasteiger charge is -2.22. The van der Waals surface area contributed by atoms with E-state index in [0.717, 1.165) is 16.6 Å². The fraction of sp³-hybridized carbons (Fsp3) is 0.727. The average Bonchev–Trinajstić information content (AvgIpc) is 2.79. The molecular formula is C11H16N2S. The number of imidazole rings is 1. The smallest absolute Gasteiger partial charge is 0.177 e. The molecule has 14 heavy (non-hydrogen) atoms. The largest absolute Gasteiger partial charge is 0.335 e. The van der Waals surface area contributed by atoms with Crippen LogP contribution in [0.2, 0.25) is 0 Å². The highest BCUT2D eigenvalue weighted by atomic mass is 32.1. The van der Waals surface area contributed by atoms with Crippen molar-refractivity contribution in [3.8, 4) is 0 Å². The van der Waals surface area contributed by atoms with Crippen LogP contribution in [0.1, 0.15) is 37.4 Å². The van der Waals surface area contributed by atoms with Gasteiger partial charge in [-0.25, -0.2) is 0 Å². The number of aromatic amines is 1. The molecule has 0 saturated heterocycles. The van der Waals surface area contributed by atoms with E-state index in [1.54, 1.807) is 0 Å². The van der Waals surface area contributed by atoms with Crippen molar-refractivity contribution in [2.24, 2.45) is 11.8 Å². The molecule has 0 radical (unpaired) electrons. The van der Waals surface area contributed by atoms with E-state index in [1.807, 2.05) is 0 Å². The maximum Gasteiger partial charge on any atom is 0.177 e. The van der Waals surface area contributed by atoms with Crippen LogP contribution in [0.4, 0.5) is 0 Å². The molecule has 0 aromatic carbocycles. The molecule has 1 N–H and O–H groups in total. The molecule has 3 unspecified atom stereocenters. The van der Waals surface area contributed by atoms with E-state index in [1.165, 1.54) is 31.4 Å². The number of aromatic nitrogens is 2. The van der Waals surface area contributed by atoms with Crippen LogP contribution < -0.4 is 0 Å². The molecule has 1 aromatic heterocycles. The summed E-state index contributed by atoms with van der Waals surface area (Å²) in [5.41, 5.74) is 1.19. The van der Waals surface area contributed by atoms with Crippen molar-refractivity contribution >= 4 is 12.2 Å². The Balaban J connectivity index is 1.96. The second-order valence-electron chi connectivity index (χ2n) is 4.89. The van der Waals surface area contributed by atoms with Crippen LogP contribution in [0.3, 0.4) is 0 Å². The predicted molar refractivity (Wildman–Crippen MR) is 58.8 cm³/mol. The van der Waals surface area contributed by atoms with Crippen molar-refractivity contribution in [1.29, 1.82) is 0 Å². The molecule has 0 amide bonds. The zero-order valence-corrected chi connectivity index (χ0v) is 9.31. The SMILES string of the molecule is Cc1cn(C2CC3CCC2C3)c(=S)[nH]1. The molecule has 2 aliphatic carbocycles. The topological polar surface area (TPSA) is 20.7 Å². The first-order valence-electron chi connectivity index (χ1n) is 5.52. The summed E-state index contributed by atoms with van der Waals surface area (Å²) < 4.78 is 3.22. The Hall–Kier alpha value is -0.570. The van der Waals surface area contributed by atoms with Crippen molar-refractivity contribution in [1.82, 2.24) is 9.55 Å². The number of fused-ring (bicyclic) bond motifs is 2. The molecular weight excluding hydrogens is 192 g/mol. The zero-order chi connectivity index (χ0) is 9.71. The van der Waals surface area contributed by atoms with Gasteiger partial charge in [0.05, 0.1) is 0 Å². The second kappa shape index (κ2) is 2.96. The van der Waals surface area contributed by atoms with E-state index in [-0.39, 0.29) is 0 Å². The summed E-state index contributed by atoms with van der Waals surface area (Å²) in [6.07, 6.45) is 7.86. The van der Waals surface area contributed by atoms with Crippen LogP contribution in [0.15, 0.2) is 6.20 Å². The Kier molecular flexibility index (Phi) is 1.84. The molecule has 2 fully saturated rings. The summed E-state index contributed by atoms with van der Waals surface area (Å²) in [6, 6.07) is 0.700. The van der Waals surface area contributed by atoms with E-state index in [0.29, 0.717) is 6.04 Å². The van der Waals surface area contributed by atoms with Gasteiger partial charge in [0.2, 0.25) is 0 Å².